The third-order valence-corrected chi connectivity index (χ3v) is 6.28. The number of halogens is 1. The molecule has 1 aliphatic heterocycles. The molecule has 2 heterocycles. The summed E-state index contributed by atoms with van der Waals surface area (Å²) in [6.07, 6.45) is 5.12. The Morgan fingerprint density at radius 2 is 1.86 bits per heavy atom. The van der Waals surface area contributed by atoms with Crippen LogP contribution in [-0.4, -0.2) is 72.8 Å². The van der Waals surface area contributed by atoms with Crippen LogP contribution >= 0.6 is 22.9 Å². The molecule has 0 amide bonds. The van der Waals surface area contributed by atoms with E-state index in [1.165, 1.54) is 17.4 Å². The maximum absolute atomic E-state index is 12.7. The van der Waals surface area contributed by atoms with E-state index in [9.17, 15) is 9.59 Å². The second kappa shape index (κ2) is 10.1. The number of hydrogen-bond acceptors (Lipinski definition) is 6. The summed E-state index contributed by atoms with van der Waals surface area (Å²) in [5.41, 5.74) is 1.23. The Bertz CT molecular complexity index is 974. The highest BCUT2D eigenvalue weighted by Gasteiger charge is 2.22. The standard InChI is InChI=1S/C21H25ClN4O2S/c1-3-8-23(9-4-2)10-11-24-12-14-25(15-13-24)26-20-17(7-16-27)18(22)5-6-19(20)29-21(26)28/h3-7H,1-2,8-15H2. The Labute approximate surface area is 179 Å². The Morgan fingerprint density at radius 3 is 2.48 bits per heavy atom. The molecule has 3 rings (SSSR count). The van der Waals surface area contributed by atoms with Crippen LogP contribution in [0.2, 0.25) is 5.02 Å². The van der Waals surface area contributed by atoms with Gasteiger partial charge in [-0.25, -0.2) is 9.47 Å². The predicted octanol–water partition coefficient (Wildman–Crippen LogP) is 2.49. The van der Waals surface area contributed by atoms with Crippen molar-refractivity contribution in [2.45, 2.75) is 0 Å². The Balaban J connectivity index is 1.73. The zero-order chi connectivity index (χ0) is 20.8. The molecule has 1 saturated heterocycles. The number of thiazole rings is 1. The molecule has 1 aliphatic rings. The zero-order valence-electron chi connectivity index (χ0n) is 16.3. The van der Waals surface area contributed by atoms with E-state index in [0.29, 0.717) is 16.1 Å². The molecule has 0 aliphatic carbocycles. The van der Waals surface area contributed by atoms with Crippen molar-refractivity contribution in [3.05, 3.63) is 57.7 Å². The fourth-order valence-corrected chi connectivity index (χ4v) is 4.73. The summed E-state index contributed by atoms with van der Waals surface area (Å²) in [5.74, 6) is 1.80. The van der Waals surface area contributed by atoms with Crippen LogP contribution in [0, 0.1) is 0 Å². The van der Waals surface area contributed by atoms with E-state index in [1.54, 1.807) is 16.7 Å². The van der Waals surface area contributed by atoms with Gasteiger partial charge in [0.25, 0.3) is 0 Å². The lowest BCUT2D eigenvalue weighted by Gasteiger charge is -2.37. The first-order valence-corrected chi connectivity index (χ1v) is 10.7. The molecule has 29 heavy (non-hydrogen) atoms. The zero-order valence-corrected chi connectivity index (χ0v) is 17.9. The van der Waals surface area contributed by atoms with Gasteiger partial charge in [0, 0.05) is 64.0 Å². The van der Waals surface area contributed by atoms with Gasteiger partial charge in [0.05, 0.1) is 15.2 Å². The number of fused-ring (bicyclic) bond motifs is 1. The van der Waals surface area contributed by atoms with Crippen LogP contribution in [0.3, 0.4) is 0 Å². The number of hydrogen-bond donors (Lipinski definition) is 0. The maximum Gasteiger partial charge on any atom is 0.326 e. The molecule has 1 aromatic carbocycles. The van der Waals surface area contributed by atoms with Crippen molar-refractivity contribution in [1.29, 1.82) is 0 Å². The van der Waals surface area contributed by atoms with Crippen molar-refractivity contribution in [3.8, 4) is 0 Å². The molecule has 154 valence electrons. The second-order valence-electron chi connectivity index (χ2n) is 6.88. The number of aromatic nitrogens is 1. The molecular weight excluding hydrogens is 408 g/mol. The molecule has 0 radical (unpaired) electrons. The molecule has 1 aromatic heterocycles. The molecule has 6 nitrogen and oxygen atoms in total. The van der Waals surface area contributed by atoms with Gasteiger partial charge in [-0.2, -0.15) is 0 Å². The fourth-order valence-electron chi connectivity index (χ4n) is 3.61. The number of nitrogens with zero attached hydrogens (tertiary/aromatic N) is 4. The summed E-state index contributed by atoms with van der Waals surface area (Å²) in [7, 11) is 0. The van der Waals surface area contributed by atoms with Crippen molar-refractivity contribution in [2.24, 2.45) is 0 Å². The minimum absolute atomic E-state index is 0.0700. The Hall–Kier alpha value is -2.15. The van der Waals surface area contributed by atoms with Crippen molar-refractivity contribution in [1.82, 2.24) is 14.5 Å². The van der Waals surface area contributed by atoms with Gasteiger partial charge in [-0.05, 0) is 12.1 Å². The van der Waals surface area contributed by atoms with Gasteiger partial charge in [0.15, 0.2) is 0 Å². The van der Waals surface area contributed by atoms with E-state index < -0.39 is 0 Å². The lowest BCUT2D eigenvalue weighted by molar-refractivity contribution is 0.204. The molecule has 0 spiro atoms. The first kappa shape index (κ1) is 21.6. The number of rotatable bonds is 9. The van der Waals surface area contributed by atoms with E-state index in [0.717, 1.165) is 57.1 Å². The number of benzene rings is 1. The topological polar surface area (TPSA) is 48.8 Å². The van der Waals surface area contributed by atoms with E-state index in [4.69, 9.17) is 11.6 Å². The highest BCUT2D eigenvalue weighted by Crippen LogP contribution is 2.29. The largest absolute Gasteiger partial charge is 0.326 e. The molecule has 0 atom stereocenters. The lowest BCUT2D eigenvalue weighted by Crippen LogP contribution is -2.54. The van der Waals surface area contributed by atoms with Crippen LogP contribution in [0.1, 0.15) is 5.56 Å². The van der Waals surface area contributed by atoms with Crippen LogP contribution in [0.4, 0.5) is 0 Å². The van der Waals surface area contributed by atoms with Crippen LogP contribution in [0.15, 0.2) is 42.2 Å². The average Bonchev–Trinajstić information content (AvgIpc) is 3.05. The van der Waals surface area contributed by atoms with Gasteiger partial charge >= 0.3 is 4.87 Å². The van der Waals surface area contributed by atoms with E-state index in [2.05, 4.69) is 23.0 Å². The van der Waals surface area contributed by atoms with Crippen molar-refractivity contribution in [3.63, 3.8) is 0 Å². The van der Waals surface area contributed by atoms with Gasteiger partial charge in [0.2, 0.25) is 0 Å². The monoisotopic (exact) mass is 432 g/mol. The lowest BCUT2D eigenvalue weighted by atomic mass is 10.2. The first-order valence-electron chi connectivity index (χ1n) is 9.55. The molecule has 0 unspecified atom stereocenters. The summed E-state index contributed by atoms with van der Waals surface area (Å²) in [5, 5.41) is 2.48. The van der Waals surface area contributed by atoms with Crippen LogP contribution in [0.25, 0.3) is 16.3 Å². The highest BCUT2D eigenvalue weighted by atomic mass is 35.5. The normalized spacial score (nSPS) is 14.9. The van der Waals surface area contributed by atoms with Crippen molar-refractivity contribution in [2.75, 3.05) is 57.4 Å². The average molecular weight is 433 g/mol. The summed E-state index contributed by atoms with van der Waals surface area (Å²) in [6.45, 7) is 14.4. The quantitative estimate of drug-likeness (QED) is 0.450. The van der Waals surface area contributed by atoms with Gasteiger partial charge < -0.3 is 5.01 Å². The van der Waals surface area contributed by atoms with Gasteiger partial charge in [0.1, 0.15) is 5.94 Å². The Morgan fingerprint density at radius 1 is 1.17 bits per heavy atom. The smallest absolute Gasteiger partial charge is 0.306 e. The van der Waals surface area contributed by atoms with Crippen molar-refractivity contribution >= 4 is 45.2 Å². The van der Waals surface area contributed by atoms with Gasteiger partial charge in [-0.15, -0.1) is 13.2 Å². The van der Waals surface area contributed by atoms with Crippen LogP contribution in [-0.2, 0) is 4.79 Å². The minimum atomic E-state index is -0.0700. The summed E-state index contributed by atoms with van der Waals surface area (Å²) in [6, 6.07) is 3.54. The molecule has 1 fully saturated rings. The maximum atomic E-state index is 12.7. The third-order valence-electron chi connectivity index (χ3n) is 5.05. The molecular formula is C21H25ClN4O2S. The van der Waals surface area contributed by atoms with Crippen molar-refractivity contribution < 1.29 is 4.79 Å². The van der Waals surface area contributed by atoms with Crippen LogP contribution < -0.4 is 9.88 Å². The third kappa shape index (κ3) is 4.89. The Kier molecular flexibility index (Phi) is 7.47. The predicted molar refractivity (Wildman–Crippen MR) is 122 cm³/mol. The summed E-state index contributed by atoms with van der Waals surface area (Å²) < 4.78 is 2.49. The van der Waals surface area contributed by atoms with E-state index in [-0.39, 0.29) is 4.87 Å². The van der Waals surface area contributed by atoms with E-state index in [1.807, 2.05) is 23.2 Å². The molecule has 2 aromatic rings. The SMILES string of the molecule is C=CCN(CC=C)CCN1CCN(n2c(=O)sc3ccc(Cl)c(C=C=O)c32)CC1. The molecule has 0 bridgehead atoms. The highest BCUT2D eigenvalue weighted by molar-refractivity contribution is 7.16. The summed E-state index contributed by atoms with van der Waals surface area (Å²) >= 11 is 7.45. The molecule has 8 heteroatoms. The second-order valence-corrected chi connectivity index (χ2v) is 8.28. The number of piperazine rings is 1. The summed E-state index contributed by atoms with van der Waals surface area (Å²) in [4.78, 5) is 28.3. The first-order chi connectivity index (χ1) is 14.1. The minimum Gasteiger partial charge on any atom is -0.306 e. The molecule has 0 N–H and O–H groups in total. The number of carbonyl (C=O) groups excluding carboxylic acids is 1. The van der Waals surface area contributed by atoms with Crippen LogP contribution in [0.5, 0.6) is 0 Å². The van der Waals surface area contributed by atoms with Gasteiger partial charge in [-0.3, -0.25) is 14.6 Å². The van der Waals surface area contributed by atoms with E-state index >= 15 is 0 Å². The fraction of sp³-hybridized carbons (Fsp3) is 0.381. The molecule has 0 saturated carbocycles. The van der Waals surface area contributed by atoms with Gasteiger partial charge in [-0.1, -0.05) is 35.1 Å².